The Morgan fingerprint density at radius 3 is 2.64 bits per heavy atom. The van der Waals surface area contributed by atoms with Crippen molar-refractivity contribution < 1.29 is 8.42 Å². The van der Waals surface area contributed by atoms with Crippen LogP contribution < -0.4 is 10.0 Å². The SMILES string of the molecule is C[C@H](NS(=O)(=O)c1ccc2c(c1)C[C@H](C)N2)c1ccccc1. The van der Waals surface area contributed by atoms with E-state index in [0.717, 1.165) is 23.2 Å². The zero-order chi connectivity index (χ0) is 15.7. The summed E-state index contributed by atoms with van der Waals surface area (Å²) in [7, 11) is -3.52. The molecule has 0 spiro atoms. The molecule has 0 aromatic heterocycles. The van der Waals surface area contributed by atoms with Gasteiger partial charge < -0.3 is 5.32 Å². The van der Waals surface area contributed by atoms with Crippen molar-refractivity contribution in [1.82, 2.24) is 4.72 Å². The number of anilines is 1. The number of hydrogen-bond acceptors (Lipinski definition) is 3. The summed E-state index contributed by atoms with van der Waals surface area (Å²) in [5.74, 6) is 0. The number of nitrogens with one attached hydrogen (secondary N) is 2. The molecule has 0 bridgehead atoms. The van der Waals surface area contributed by atoms with Gasteiger partial charge in [0.05, 0.1) is 4.90 Å². The molecule has 0 unspecified atom stereocenters. The van der Waals surface area contributed by atoms with Crippen molar-refractivity contribution in [2.75, 3.05) is 5.32 Å². The number of hydrogen-bond donors (Lipinski definition) is 2. The van der Waals surface area contributed by atoms with Gasteiger partial charge in [-0.1, -0.05) is 30.3 Å². The smallest absolute Gasteiger partial charge is 0.241 e. The number of fused-ring (bicyclic) bond motifs is 1. The van der Waals surface area contributed by atoms with Crippen LogP contribution in [0.1, 0.15) is 31.0 Å². The maximum atomic E-state index is 12.6. The Hall–Kier alpha value is -1.85. The van der Waals surface area contributed by atoms with E-state index in [-0.39, 0.29) is 6.04 Å². The van der Waals surface area contributed by atoms with Crippen molar-refractivity contribution in [3.63, 3.8) is 0 Å². The van der Waals surface area contributed by atoms with Gasteiger partial charge in [-0.25, -0.2) is 13.1 Å². The molecule has 0 saturated heterocycles. The third-order valence-corrected chi connectivity index (χ3v) is 5.48. The van der Waals surface area contributed by atoms with E-state index >= 15 is 0 Å². The first-order valence-electron chi connectivity index (χ1n) is 7.42. The Morgan fingerprint density at radius 2 is 1.91 bits per heavy atom. The zero-order valence-corrected chi connectivity index (χ0v) is 13.5. The van der Waals surface area contributed by atoms with Crippen LogP contribution in [0.25, 0.3) is 0 Å². The van der Waals surface area contributed by atoms with Crippen molar-refractivity contribution in [3.8, 4) is 0 Å². The fourth-order valence-corrected chi connectivity index (χ4v) is 4.09. The van der Waals surface area contributed by atoms with Crippen LogP contribution in [0.5, 0.6) is 0 Å². The predicted molar refractivity (Wildman–Crippen MR) is 88.4 cm³/mol. The second-order valence-corrected chi connectivity index (χ2v) is 7.54. The Labute approximate surface area is 131 Å². The highest BCUT2D eigenvalue weighted by molar-refractivity contribution is 7.89. The van der Waals surface area contributed by atoms with Gasteiger partial charge in [-0.2, -0.15) is 0 Å². The van der Waals surface area contributed by atoms with Gasteiger partial charge in [0.2, 0.25) is 10.0 Å². The second kappa shape index (κ2) is 5.74. The molecule has 0 fully saturated rings. The van der Waals surface area contributed by atoms with Gasteiger partial charge in [0.15, 0.2) is 0 Å². The van der Waals surface area contributed by atoms with Crippen molar-refractivity contribution in [2.45, 2.75) is 37.2 Å². The van der Waals surface area contributed by atoms with Crippen LogP contribution in [-0.4, -0.2) is 14.5 Å². The van der Waals surface area contributed by atoms with Gasteiger partial charge in [-0.05, 0) is 49.6 Å². The minimum atomic E-state index is -3.52. The number of benzene rings is 2. The first-order valence-corrected chi connectivity index (χ1v) is 8.91. The Bertz CT molecular complexity index is 773. The summed E-state index contributed by atoms with van der Waals surface area (Å²) >= 11 is 0. The van der Waals surface area contributed by atoms with Crippen LogP contribution in [0, 0.1) is 0 Å². The third-order valence-electron chi connectivity index (χ3n) is 3.95. The van der Waals surface area contributed by atoms with Crippen molar-refractivity contribution in [1.29, 1.82) is 0 Å². The van der Waals surface area contributed by atoms with E-state index < -0.39 is 10.0 Å². The molecule has 4 nitrogen and oxygen atoms in total. The molecular formula is C17H20N2O2S. The van der Waals surface area contributed by atoms with Crippen LogP contribution in [0.4, 0.5) is 5.69 Å². The monoisotopic (exact) mass is 316 g/mol. The summed E-state index contributed by atoms with van der Waals surface area (Å²) in [5.41, 5.74) is 3.04. The maximum absolute atomic E-state index is 12.6. The van der Waals surface area contributed by atoms with Crippen LogP contribution >= 0.6 is 0 Å². The summed E-state index contributed by atoms with van der Waals surface area (Å²) in [6, 6.07) is 14.9. The van der Waals surface area contributed by atoms with Gasteiger partial charge in [-0.15, -0.1) is 0 Å². The Morgan fingerprint density at radius 1 is 1.18 bits per heavy atom. The average Bonchev–Trinajstić information content (AvgIpc) is 2.86. The molecule has 2 N–H and O–H groups in total. The first-order chi connectivity index (χ1) is 10.5. The fourth-order valence-electron chi connectivity index (χ4n) is 2.80. The van der Waals surface area contributed by atoms with E-state index in [1.165, 1.54) is 0 Å². The summed E-state index contributed by atoms with van der Waals surface area (Å²) in [6.45, 7) is 3.94. The molecule has 3 rings (SSSR count). The van der Waals surface area contributed by atoms with Crippen LogP contribution in [-0.2, 0) is 16.4 Å². The lowest BCUT2D eigenvalue weighted by atomic mass is 10.1. The van der Waals surface area contributed by atoms with Gasteiger partial charge in [-0.3, -0.25) is 0 Å². The number of sulfonamides is 1. The molecule has 1 heterocycles. The number of rotatable bonds is 4. The van der Waals surface area contributed by atoms with E-state index in [1.54, 1.807) is 12.1 Å². The predicted octanol–water partition coefficient (Wildman–Crippen LogP) is 3.08. The van der Waals surface area contributed by atoms with Crippen molar-refractivity contribution >= 4 is 15.7 Å². The molecule has 116 valence electrons. The van der Waals surface area contributed by atoms with E-state index in [4.69, 9.17) is 0 Å². The lowest BCUT2D eigenvalue weighted by Crippen LogP contribution is -2.26. The van der Waals surface area contributed by atoms with Crippen molar-refractivity contribution in [2.24, 2.45) is 0 Å². The van der Waals surface area contributed by atoms with Crippen molar-refractivity contribution in [3.05, 3.63) is 59.7 Å². The van der Waals surface area contributed by atoms with E-state index in [2.05, 4.69) is 17.0 Å². The second-order valence-electron chi connectivity index (χ2n) is 5.82. The molecule has 2 aromatic rings. The maximum Gasteiger partial charge on any atom is 0.241 e. The largest absolute Gasteiger partial charge is 0.382 e. The summed E-state index contributed by atoms with van der Waals surface area (Å²) in [6.07, 6.45) is 0.854. The normalized spacial score (nSPS) is 18.5. The molecule has 1 aliphatic heterocycles. The van der Waals surface area contributed by atoms with Gasteiger partial charge in [0.1, 0.15) is 0 Å². The Kier molecular flexibility index (Phi) is 3.93. The zero-order valence-electron chi connectivity index (χ0n) is 12.7. The van der Waals surface area contributed by atoms with Crippen LogP contribution in [0.3, 0.4) is 0 Å². The molecule has 5 heteroatoms. The average molecular weight is 316 g/mol. The molecule has 0 amide bonds. The molecule has 22 heavy (non-hydrogen) atoms. The lowest BCUT2D eigenvalue weighted by molar-refractivity contribution is 0.567. The standard InChI is InChI=1S/C17H20N2O2S/c1-12-10-15-11-16(8-9-17(15)18-12)22(20,21)19-13(2)14-6-4-3-5-7-14/h3-9,11-13,18-19H,10H2,1-2H3/t12-,13-/m0/s1. The summed E-state index contributed by atoms with van der Waals surface area (Å²) < 4.78 is 27.9. The Balaban J connectivity index is 1.83. The van der Waals surface area contributed by atoms with Gasteiger partial charge in [0, 0.05) is 17.8 Å². The van der Waals surface area contributed by atoms with E-state index in [1.807, 2.05) is 43.3 Å². The first kappa shape index (κ1) is 15.1. The van der Waals surface area contributed by atoms with Gasteiger partial charge >= 0.3 is 0 Å². The highest BCUT2D eigenvalue weighted by atomic mass is 32.2. The molecule has 2 atom stereocenters. The highest BCUT2D eigenvalue weighted by Crippen LogP contribution is 2.28. The van der Waals surface area contributed by atoms with Crippen LogP contribution in [0.15, 0.2) is 53.4 Å². The summed E-state index contributed by atoms with van der Waals surface area (Å²) in [4.78, 5) is 0.324. The molecule has 0 radical (unpaired) electrons. The molecule has 1 aliphatic rings. The highest BCUT2D eigenvalue weighted by Gasteiger charge is 2.22. The van der Waals surface area contributed by atoms with Gasteiger partial charge in [0.25, 0.3) is 0 Å². The fraction of sp³-hybridized carbons (Fsp3) is 0.294. The summed E-state index contributed by atoms with van der Waals surface area (Å²) in [5, 5.41) is 3.33. The minimum absolute atomic E-state index is 0.267. The topological polar surface area (TPSA) is 58.2 Å². The molecular weight excluding hydrogens is 296 g/mol. The third kappa shape index (κ3) is 3.00. The quantitative estimate of drug-likeness (QED) is 0.911. The van der Waals surface area contributed by atoms with Crippen LogP contribution in [0.2, 0.25) is 0 Å². The molecule has 0 saturated carbocycles. The van der Waals surface area contributed by atoms with E-state index in [0.29, 0.717) is 10.9 Å². The van der Waals surface area contributed by atoms with E-state index in [9.17, 15) is 8.42 Å². The lowest BCUT2D eigenvalue weighted by Gasteiger charge is -2.15. The minimum Gasteiger partial charge on any atom is -0.382 e. The molecule has 2 aromatic carbocycles. The molecule has 0 aliphatic carbocycles.